The van der Waals surface area contributed by atoms with E-state index in [0.29, 0.717) is 16.5 Å². The molecule has 6 nitrogen and oxygen atoms in total. The van der Waals surface area contributed by atoms with E-state index in [9.17, 15) is 18.0 Å². The lowest BCUT2D eigenvalue weighted by Gasteiger charge is -2.09. The number of tetrazole rings is 1. The molecule has 11 heteroatoms. The Balaban J connectivity index is 2.07. The van der Waals surface area contributed by atoms with Crippen LogP contribution in [0.4, 0.5) is 18.9 Å². The van der Waals surface area contributed by atoms with Gasteiger partial charge in [-0.1, -0.05) is 17.8 Å². The number of carbonyl (C=O) groups excluding carboxylic acids is 1. The quantitative estimate of drug-likeness (QED) is 0.837. The van der Waals surface area contributed by atoms with Gasteiger partial charge in [0.25, 0.3) is 0 Å². The Morgan fingerprint density at radius 1 is 1.41 bits per heavy atom. The number of aromatic nitrogens is 4. The molecule has 1 aromatic heterocycles. The number of nitrogens with zero attached hydrogens (tertiary/aromatic N) is 4. The molecule has 0 aliphatic heterocycles. The summed E-state index contributed by atoms with van der Waals surface area (Å²) in [6, 6.07) is 6.51. The molecule has 0 aliphatic carbocycles. The van der Waals surface area contributed by atoms with Crippen LogP contribution in [0.3, 0.4) is 0 Å². The number of anilines is 1. The summed E-state index contributed by atoms with van der Waals surface area (Å²) < 4.78 is 37.6. The van der Waals surface area contributed by atoms with Crippen molar-refractivity contribution in [1.82, 2.24) is 20.2 Å². The second kappa shape index (κ2) is 7.01. The third-order valence-corrected chi connectivity index (χ3v) is 3.72. The van der Waals surface area contributed by atoms with E-state index < -0.39 is 17.2 Å². The molecule has 1 aromatic carbocycles. The molecule has 0 atom stereocenters. The van der Waals surface area contributed by atoms with Gasteiger partial charge in [0, 0.05) is 5.69 Å². The van der Waals surface area contributed by atoms with E-state index in [1.807, 2.05) is 6.26 Å². The SMILES string of the molecule is CSc1nnnn1-c1cccc(NC(=O)CSC(F)(F)F)c1. The first-order valence-electron chi connectivity index (χ1n) is 5.82. The van der Waals surface area contributed by atoms with Crippen molar-refractivity contribution in [3.8, 4) is 5.69 Å². The molecule has 22 heavy (non-hydrogen) atoms. The number of hydrogen-bond donors (Lipinski definition) is 1. The van der Waals surface area contributed by atoms with Crippen LogP contribution in [0.5, 0.6) is 0 Å². The average Bonchev–Trinajstić information content (AvgIpc) is 2.93. The van der Waals surface area contributed by atoms with Crippen molar-refractivity contribution < 1.29 is 18.0 Å². The van der Waals surface area contributed by atoms with E-state index in [2.05, 4.69) is 20.8 Å². The van der Waals surface area contributed by atoms with Crippen LogP contribution in [-0.2, 0) is 4.79 Å². The Kier molecular flexibility index (Phi) is 5.29. The number of benzene rings is 1. The van der Waals surface area contributed by atoms with Gasteiger partial charge in [0.1, 0.15) is 0 Å². The standard InChI is InChI=1S/C11H10F3N5OS2/c1-21-10-16-17-18-19(10)8-4-2-3-7(5-8)15-9(20)6-22-11(12,13)14/h2-5H,6H2,1H3,(H,15,20). The summed E-state index contributed by atoms with van der Waals surface area (Å²) in [6.07, 6.45) is 1.81. The monoisotopic (exact) mass is 349 g/mol. The van der Waals surface area contributed by atoms with Crippen LogP contribution >= 0.6 is 23.5 Å². The minimum Gasteiger partial charge on any atom is -0.325 e. The van der Waals surface area contributed by atoms with Gasteiger partial charge in [-0.25, -0.2) is 0 Å². The van der Waals surface area contributed by atoms with E-state index in [1.165, 1.54) is 16.4 Å². The van der Waals surface area contributed by atoms with E-state index in [4.69, 9.17) is 0 Å². The molecule has 1 heterocycles. The number of alkyl halides is 3. The second-order valence-corrected chi connectivity index (χ2v) is 5.72. The Morgan fingerprint density at radius 2 is 2.18 bits per heavy atom. The molecule has 1 N–H and O–H groups in total. The summed E-state index contributed by atoms with van der Waals surface area (Å²) in [6.45, 7) is 0. The number of amides is 1. The molecule has 0 bridgehead atoms. The predicted octanol–water partition coefficient (Wildman–Crippen LogP) is 2.58. The molecule has 1 amide bonds. The van der Waals surface area contributed by atoms with Gasteiger partial charge in [-0.15, -0.1) is 5.10 Å². The fourth-order valence-corrected chi connectivity index (χ4v) is 2.33. The minimum atomic E-state index is -4.43. The molecular weight excluding hydrogens is 339 g/mol. The van der Waals surface area contributed by atoms with Gasteiger partial charge in [-0.05, 0) is 46.6 Å². The molecule has 2 rings (SSSR count). The van der Waals surface area contributed by atoms with Crippen LogP contribution in [0, 0.1) is 0 Å². The largest absolute Gasteiger partial charge is 0.442 e. The zero-order valence-corrected chi connectivity index (χ0v) is 12.8. The van der Waals surface area contributed by atoms with Crippen LogP contribution in [0.1, 0.15) is 0 Å². The summed E-state index contributed by atoms with van der Waals surface area (Å²) in [5, 5.41) is 14.1. The Morgan fingerprint density at radius 3 is 2.86 bits per heavy atom. The number of halogens is 3. The number of rotatable bonds is 5. The predicted molar refractivity (Wildman–Crippen MR) is 78.1 cm³/mol. The first-order chi connectivity index (χ1) is 10.4. The van der Waals surface area contributed by atoms with E-state index in [0.717, 1.165) is 0 Å². The summed E-state index contributed by atoms with van der Waals surface area (Å²) in [5.74, 6) is -1.43. The molecule has 0 aliphatic rings. The highest BCUT2D eigenvalue weighted by Gasteiger charge is 2.29. The maximum Gasteiger partial charge on any atom is 0.442 e. The first kappa shape index (κ1) is 16.6. The maximum atomic E-state index is 12.0. The van der Waals surface area contributed by atoms with Gasteiger partial charge >= 0.3 is 5.51 Å². The average molecular weight is 349 g/mol. The Bertz CT molecular complexity index is 661. The fourth-order valence-electron chi connectivity index (χ4n) is 1.53. The first-order valence-corrected chi connectivity index (χ1v) is 8.03. The molecule has 2 aromatic rings. The third kappa shape index (κ3) is 4.63. The van der Waals surface area contributed by atoms with Crippen LogP contribution in [0.25, 0.3) is 5.69 Å². The van der Waals surface area contributed by atoms with E-state index >= 15 is 0 Å². The highest BCUT2D eigenvalue weighted by Crippen LogP contribution is 2.30. The lowest BCUT2D eigenvalue weighted by Crippen LogP contribution is -2.17. The van der Waals surface area contributed by atoms with Crippen molar-refractivity contribution in [2.45, 2.75) is 10.7 Å². The normalized spacial score (nSPS) is 11.5. The smallest absolute Gasteiger partial charge is 0.325 e. The molecular formula is C11H10F3N5OS2. The van der Waals surface area contributed by atoms with Crippen LogP contribution in [-0.4, -0.2) is 43.6 Å². The van der Waals surface area contributed by atoms with Gasteiger partial charge < -0.3 is 5.32 Å². The fraction of sp³-hybridized carbons (Fsp3) is 0.273. The van der Waals surface area contributed by atoms with Crippen molar-refractivity contribution >= 4 is 35.1 Å². The highest BCUT2D eigenvalue weighted by molar-refractivity contribution is 8.00. The van der Waals surface area contributed by atoms with Gasteiger partial charge in [0.15, 0.2) is 0 Å². The van der Waals surface area contributed by atoms with Crippen molar-refractivity contribution in [2.75, 3.05) is 17.3 Å². The number of carbonyl (C=O) groups is 1. The van der Waals surface area contributed by atoms with Crippen LogP contribution in [0.15, 0.2) is 29.4 Å². The summed E-state index contributed by atoms with van der Waals surface area (Å²) >= 11 is 0.955. The van der Waals surface area contributed by atoms with Crippen LogP contribution < -0.4 is 5.32 Å². The number of nitrogens with one attached hydrogen (secondary N) is 1. The lowest BCUT2D eigenvalue weighted by atomic mass is 10.3. The Hall–Kier alpha value is -1.75. The molecule has 0 saturated carbocycles. The van der Waals surface area contributed by atoms with E-state index in [-0.39, 0.29) is 11.8 Å². The summed E-state index contributed by atoms with van der Waals surface area (Å²) in [4.78, 5) is 11.5. The van der Waals surface area contributed by atoms with Crippen LogP contribution in [0.2, 0.25) is 0 Å². The van der Waals surface area contributed by atoms with Crippen molar-refractivity contribution in [2.24, 2.45) is 0 Å². The topological polar surface area (TPSA) is 72.7 Å². The van der Waals surface area contributed by atoms with Crippen molar-refractivity contribution in [1.29, 1.82) is 0 Å². The zero-order chi connectivity index (χ0) is 16.2. The summed E-state index contributed by atoms with van der Waals surface area (Å²) in [7, 11) is 0. The zero-order valence-electron chi connectivity index (χ0n) is 11.2. The molecule has 118 valence electrons. The summed E-state index contributed by atoms with van der Waals surface area (Å²) in [5.41, 5.74) is -3.47. The molecule has 0 unspecified atom stereocenters. The van der Waals surface area contributed by atoms with Gasteiger partial charge in [0.2, 0.25) is 11.1 Å². The Labute approximate surface area is 131 Å². The third-order valence-electron chi connectivity index (χ3n) is 2.36. The van der Waals surface area contributed by atoms with Crippen molar-refractivity contribution in [3.05, 3.63) is 24.3 Å². The lowest BCUT2D eigenvalue weighted by molar-refractivity contribution is -0.114. The highest BCUT2D eigenvalue weighted by atomic mass is 32.2. The number of thioether (sulfide) groups is 2. The maximum absolute atomic E-state index is 12.0. The van der Waals surface area contributed by atoms with Gasteiger partial charge in [-0.3, -0.25) is 4.79 Å². The molecule has 0 saturated heterocycles. The second-order valence-electron chi connectivity index (χ2n) is 3.91. The van der Waals surface area contributed by atoms with Gasteiger partial charge in [0.05, 0.1) is 11.4 Å². The van der Waals surface area contributed by atoms with Gasteiger partial charge in [-0.2, -0.15) is 17.9 Å². The number of hydrogen-bond acceptors (Lipinski definition) is 6. The minimum absolute atomic E-state index is 0.368. The van der Waals surface area contributed by atoms with Crippen molar-refractivity contribution in [3.63, 3.8) is 0 Å². The molecule has 0 spiro atoms. The molecule has 0 radical (unpaired) electrons. The van der Waals surface area contributed by atoms with E-state index in [1.54, 1.807) is 24.3 Å². The molecule has 0 fully saturated rings.